The number of rotatable bonds is 8. The van der Waals surface area contributed by atoms with Gasteiger partial charge in [-0.2, -0.15) is 0 Å². The van der Waals surface area contributed by atoms with Crippen LogP contribution in [0.5, 0.6) is 5.75 Å². The first kappa shape index (κ1) is 26.3. The highest BCUT2D eigenvalue weighted by atomic mass is 32.2. The van der Waals surface area contributed by atoms with E-state index in [1.165, 1.54) is 34.1 Å². The van der Waals surface area contributed by atoms with E-state index in [9.17, 15) is 39.0 Å². The minimum absolute atomic E-state index is 0.0720. The number of β-lactam (4-membered cyclic amide) rings is 1. The Morgan fingerprint density at radius 1 is 1.16 bits per heavy atom. The third kappa shape index (κ3) is 3.86. The Bertz CT molecular complexity index is 1170. The van der Waals surface area contributed by atoms with Crippen LogP contribution in [0.1, 0.15) is 32.4 Å². The summed E-state index contributed by atoms with van der Waals surface area (Å²) in [4.78, 5) is 79.5. The van der Waals surface area contributed by atoms with Crippen LogP contribution in [0.4, 0.5) is 0 Å². The van der Waals surface area contributed by atoms with Crippen LogP contribution < -0.4 is 10.6 Å². The van der Waals surface area contributed by atoms with Crippen LogP contribution in [0, 0.1) is 0 Å². The number of phenols is 1. The average Bonchev–Trinajstić information content (AvgIpc) is 3.05. The van der Waals surface area contributed by atoms with Gasteiger partial charge in [-0.05, 0) is 38.5 Å². The maximum absolute atomic E-state index is 13.4. The Kier molecular flexibility index (Phi) is 6.56. The number of likely N-dealkylation sites (N-methyl/N-ethyl adjacent to an activating group) is 1. The molecule has 3 aliphatic heterocycles. The van der Waals surface area contributed by atoms with Gasteiger partial charge < -0.3 is 30.6 Å². The Morgan fingerprint density at radius 3 is 2.38 bits per heavy atom. The molecule has 3 saturated heterocycles. The monoisotopic (exact) mass is 533 g/mol. The van der Waals surface area contributed by atoms with E-state index in [2.05, 4.69) is 10.6 Å². The summed E-state index contributed by atoms with van der Waals surface area (Å²) in [5.41, 5.74) is -1.95. The number of nitrogens with one attached hydrogen (secondary N) is 2. The van der Waals surface area contributed by atoms with Crippen LogP contribution >= 0.6 is 11.8 Å². The molecular formula is C23H27N5O8S. The normalized spacial score (nSPS) is 27.3. The average molecular weight is 534 g/mol. The second-order valence-electron chi connectivity index (χ2n) is 9.37. The molecule has 0 aromatic heterocycles. The zero-order valence-corrected chi connectivity index (χ0v) is 21.2. The number of hydrogen-bond acceptors (Lipinski definition) is 8. The van der Waals surface area contributed by atoms with E-state index in [0.717, 1.165) is 16.7 Å². The lowest BCUT2D eigenvalue weighted by Gasteiger charge is -2.53. The fourth-order valence-electron chi connectivity index (χ4n) is 5.08. The Balaban J connectivity index is 1.65. The van der Waals surface area contributed by atoms with E-state index >= 15 is 0 Å². The SMILES string of the molecule is CCN1CCN([C@H]2C(=O)N3[C@@H]2SC(C)(C)[C@]3(NC(=O)C(NC=O)c2ccc(O)cc2)C(=O)O)C(=O)C1=O. The van der Waals surface area contributed by atoms with Crippen molar-refractivity contribution in [3.8, 4) is 5.75 Å². The number of piperazine rings is 1. The van der Waals surface area contributed by atoms with Crippen molar-refractivity contribution in [2.75, 3.05) is 19.6 Å². The third-order valence-electron chi connectivity index (χ3n) is 7.06. The number of carbonyl (C=O) groups excluding carboxylic acids is 5. The number of carbonyl (C=O) groups is 6. The molecular weight excluding hydrogens is 506 g/mol. The van der Waals surface area contributed by atoms with Crippen LogP contribution in [0.15, 0.2) is 24.3 Å². The summed E-state index contributed by atoms with van der Waals surface area (Å²) in [6, 6.07) is 3.02. The van der Waals surface area contributed by atoms with E-state index in [1.54, 1.807) is 20.8 Å². The fraction of sp³-hybridized carbons (Fsp3) is 0.478. The number of phenolic OH excluding ortho intramolecular Hbond substituents is 1. The molecule has 5 amide bonds. The van der Waals surface area contributed by atoms with Gasteiger partial charge in [0.25, 0.3) is 5.91 Å². The predicted octanol–water partition coefficient (Wildman–Crippen LogP) is -1.17. The molecule has 0 radical (unpaired) electrons. The third-order valence-corrected chi connectivity index (χ3v) is 8.65. The highest BCUT2D eigenvalue weighted by molar-refractivity contribution is 8.01. The van der Waals surface area contributed by atoms with Crippen molar-refractivity contribution >= 4 is 47.8 Å². The number of hydrogen-bond donors (Lipinski definition) is 4. The van der Waals surface area contributed by atoms with Gasteiger partial charge in [0, 0.05) is 19.6 Å². The van der Waals surface area contributed by atoms with Crippen LogP contribution in [0.25, 0.3) is 0 Å². The Morgan fingerprint density at radius 2 is 1.81 bits per heavy atom. The number of aliphatic carboxylic acids is 1. The number of aromatic hydroxyl groups is 1. The van der Waals surface area contributed by atoms with Gasteiger partial charge in [0.05, 0.1) is 4.75 Å². The second kappa shape index (κ2) is 9.25. The number of carboxylic acid groups (broad SMARTS) is 1. The van der Waals surface area contributed by atoms with Crippen molar-refractivity contribution in [2.24, 2.45) is 0 Å². The first-order valence-electron chi connectivity index (χ1n) is 11.6. The molecule has 4 rings (SSSR count). The molecule has 1 aromatic rings. The highest BCUT2D eigenvalue weighted by Gasteiger charge is 2.75. The van der Waals surface area contributed by atoms with Gasteiger partial charge in [-0.25, -0.2) is 4.79 Å². The van der Waals surface area contributed by atoms with Crippen molar-refractivity contribution in [1.29, 1.82) is 0 Å². The quantitative estimate of drug-likeness (QED) is 0.182. The lowest BCUT2D eigenvalue weighted by atomic mass is 9.87. The summed E-state index contributed by atoms with van der Waals surface area (Å²) < 4.78 is -1.28. The molecule has 1 unspecified atom stereocenters. The van der Waals surface area contributed by atoms with Crippen molar-refractivity contribution in [1.82, 2.24) is 25.3 Å². The maximum atomic E-state index is 13.4. The molecule has 1 aromatic carbocycles. The van der Waals surface area contributed by atoms with Gasteiger partial charge in [-0.15, -0.1) is 11.8 Å². The summed E-state index contributed by atoms with van der Waals surface area (Å²) in [6.45, 7) is 5.57. The summed E-state index contributed by atoms with van der Waals surface area (Å²) in [5.74, 6) is -4.73. The van der Waals surface area contributed by atoms with E-state index in [0.29, 0.717) is 6.54 Å². The molecule has 0 saturated carbocycles. The Hall–Kier alpha value is -3.81. The fourth-order valence-corrected chi connectivity index (χ4v) is 6.85. The highest BCUT2D eigenvalue weighted by Crippen LogP contribution is 2.57. The van der Waals surface area contributed by atoms with Gasteiger partial charge in [-0.1, -0.05) is 12.1 Å². The number of fused-ring (bicyclic) bond motifs is 1. The van der Waals surface area contributed by atoms with E-state index in [-0.39, 0.29) is 30.8 Å². The molecule has 37 heavy (non-hydrogen) atoms. The van der Waals surface area contributed by atoms with E-state index in [1.807, 2.05) is 0 Å². The number of benzene rings is 1. The van der Waals surface area contributed by atoms with Crippen LogP contribution in [-0.4, -0.2) is 102 Å². The van der Waals surface area contributed by atoms with E-state index in [4.69, 9.17) is 0 Å². The molecule has 4 atom stereocenters. The molecule has 0 spiro atoms. The molecule has 3 aliphatic rings. The van der Waals surface area contributed by atoms with Gasteiger partial charge in [-0.3, -0.25) is 28.9 Å². The second-order valence-corrected chi connectivity index (χ2v) is 11.1. The summed E-state index contributed by atoms with van der Waals surface area (Å²) >= 11 is 1.10. The first-order valence-corrected chi connectivity index (χ1v) is 12.4. The molecule has 3 fully saturated rings. The van der Waals surface area contributed by atoms with Gasteiger partial charge in [0.15, 0.2) is 0 Å². The molecule has 0 bridgehead atoms. The topological polar surface area (TPSA) is 177 Å². The lowest BCUT2D eigenvalue weighted by Crippen LogP contribution is -2.81. The molecule has 3 heterocycles. The molecule has 4 N–H and O–H groups in total. The largest absolute Gasteiger partial charge is 0.508 e. The van der Waals surface area contributed by atoms with Crippen LogP contribution in [0.2, 0.25) is 0 Å². The van der Waals surface area contributed by atoms with Crippen LogP contribution in [-0.2, 0) is 28.8 Å². The van der Waals surface area contributed by atoms with Gasteiger partial charge >= 0.3 is 17.8 Å². The number of thioether (sulfide) groups is 1. The van der Waals surface area contributed by atoms with Crippen molar-refractivity contribution < 1.29 is 39.0 Å². The van der Waals surface area contributed by atoms with Gasteiger partial charge in [0.1, 0.15) is 23.2 Å². The van der Waals surface area contributed by atoms with E-state index < -0.39 is 57.5 Å². The summed E-state index contributed by atoms with van der Waals surface area (Å²) in [6.07, 6.45) is 0.283. The standard InChI is InChI=1S/C23H27N5O8S/c1-4-26-9-10-27(19(34)18(26)33)15-17(32)28-20(15)37-22(2,3)23(28,21(35)36)25-16(31)14(24-11-29)12-5-7-13(30)8-6-12/h5-8,11,14-15,20,30H,4,9-10H2,1-3H3,(H,24,29)(H,25,31)(H,35,36)/t14?,15-,20+,23-/m0/s1. The zero-order chi connectivity index (χ0) is 27.3. The minimum Gasteiger partial charge on any atom is -0.508 e. The number of carboxylic acids is 1. The minimum atomic E-state index is -2.22. The molecule has 0 aliphatic carbocycles. The first-order chi connectivity index (χ1) is 17.4. The summed E-state index contributed by atoms with van der Waals surface area (Å²) in [7, 11) is 0. The summed E-state index contributed by atoms with van der Waals surface area (Å²) in [5, 5.41) is 23.9. The maximum Gasteiger partial charge on any atom is 0.352 e. The van der Waals surface area contributed by atoms with Gasteiger partial charge in [0.2, 0.25) is 18.0 Å². The Labute approximate surface area is 216 Å². The smallest absolute Gasteiger partial charge is 0.352 e. The van der Waals surface area contributed by atoms with Crippen molar-refractivity contribution in [3.05, 3.63) is 29.8 Å². The molecule has 13 nitrogen and oxygen atoms in total. The zero-order valence-electron chi connectivity index (χ0n) is 20.3. The molecule has 14 heteroatoms. The number of nitrogens with zero attached hydrogens (tertiary/aromatic N) is 3. The predicted molar refractivity (Wildman–Crippen MR) is 129 cm³/mol. The van der Waals surface area contributed by atoms with Crippen molar-refractivity contribution in [2.45, 2.75) is 48.6 Å². The van der Waals surface area contributed by atoms with Crippen LogP contribution in [0.3, 0.4) is 0 Å². The molecule has 198 valence electrons. The lowest BCUT2D eigenvalue weighted by molar-refractivity contribution is -0.185. The number of amides is 5. The van der Waals surface area contributed by atoms with Crippen molar-refractivity contribution in [3.63, 3.8) is 0 Å².